The van der Waals surface area contributed by atoms with Gasteiger partial charge in [0.25, 0.3) is 0 Å². The Hall–Kier alpha value is -1.36. The lowest BCUT2D eigenvalue weighted by atomic mass is 9.93. The maximum atomic E-state index is 4.69. The van der Waals surface area contributed by atoms with Crippen LogP contribution in [0.5, 0.6) is 0 Å². The fourth-order valence-corrected chi connectivity index (χ4v) is 2.54. The van der Waals surface area contributed by atoms with E-state index in [1.807, 2.05) is 6.92 Å². The lowest BCUT2D eigenvalue weighted by molar-refractivity contribution is 0.311. The van der Waals surface area contributed by atoms with Gasteiger partial charge in [-0.2, -0.15) is 4.98 Å². The van der Waals surface area contributed by atoms with Crippen LogP contribution in [0.3, 0.4) is 0 Å². The summed E-state index contributed by atoms with van der Waals surface area (Å²) in [5.41, 5.74) is 1.05. The fraction of sp³-hybridized carbons (Fsp3) is 0.714. The van der Waals surface area contributed by atoms with E-state index in [0.29, 0.717) is 6.04 Å². The first-order valence-corrected chi connectivity index (χ1v) is 7.26. The Morgan fingerprint density at radius 2 is 1.89 bits per heavy atom. The van der Waals surface area contributed by atoms with Gasteiger partial charge in [0.2, 0.25) is 5.95 Å². The van der Waals surface area contributed by atoms with E-state index in [2.05, 4.69) is 38.2 Å². The minimum Gasteiger partial charge on any atom is -0.367 e. The maximum Gasteiger partial charge on any atom is 0.227 e. The molecule has 1 aromatic rings. The number of hydrogen-bond donors (Lipinski definition) is 1. The highest BCUT2D eigenvalue weighted by Crippen LogP contribution is 2.23. The zero-order chi connectivity index (χ0) is 13.2. The van der Waals surface area contributed by atoms with Crippen molar-refractivity contribution in [1.82, 2.24) is 14.9 Å². The average Bonchev–Trinajstić information content (AvgIpc) is 2.34. The third-order valence-corrected chi connectivity index (χ3v) is 4.09. The number of hydrogen-bond acceptors (Lipinski definition) is 5. The van der Waals surface area contributed by atoms with E-state index in [4.69, 9.17) is 0 Å². The molecular formula is C14H23N5. The molecule has 5 heteroatoms. The Bertz CT molecular complexity index is 435. The van der Waals surface area contributed by atoms with E-state index >= 15 is 0 Å². The molecule has 1 saturated carbocycles. The number of aromatic nitrogens is 2. The molecule has 2 aliphatic rings. The van der Waals surface area contributed by atoms with Gasteiger partial charge in [-0.15, -0.1) is 0 Å². The quantitative estimate of drug-likeness (QED) is 0.893. The molecule has 19 heavy (non-hydrogen) atoms. The summed E-state index contributed by atoms with van der Waals surface area (Å²) in [4.78, 5) is 13.9. The molecule has 0 atom stereocenters. The maximum absolute atomic E-state index is 4.69. The van der Waals surface area contributed by atoms with Gasteiger partial charge in [-0.3, -0.25) is 0 Å². The smallest absolute Gasteiger partial charge is 0.227 e. The molecule has 1 aliphatic carbocycles. The van der Waals surface area contributed by atoms with Crippen LogP contribution in [0, 0.1) is 6.92 Å². The fourth-order valence-electron chi connectivity index (χ4n) is 2.54. The molecule has 104 valence electrons. The van der Waals surface area contributed by atoms with Crippen LogP contribution >= 0.6 is 0 Å². The Kier molecular flexibility index (Phi) is 3.55. The molecule has 0 bridgehead atoms. The van der Waals surface area contributed by atoms with Gasteiger partial charge < -0.3 is 15.1 Å². The average molecular weight is 261 g/mol. The van der Waals surface area contributed by atoms with Crippen LogP contribution in [0.1, 0.15) is 25.0 Å². The van der Waals surface area contributed by atoms with Crippen molar-refractivity contribution in [2.45, 2.75) is 32.2 Å². The van der Waals surface area contributed by atoms with E-state index in [1.54, 1.807) is 0 Å². The standard InChI is InChI=1S/C14H23N5/c1-11-10-13(16-12-4-3-5-12)17-14(15-11)19-8-6-18(2)7-9-19/h10,12H,3-9H2,1-2H3,(H,15,16,17). The highest BCUT2D eigenvalue weighted by Gasteiger charge is 2.20. The Balaban J connectivity index is 1.73. The third kappa shape index (κ3) is 2.97. The van der Waals surface area contributed by atoms with Crippen molar-refractivity contribution >= 4 is 11.8 Å². The zero-order valence-corrected chi connectivity index (χ0v) is 11.9. The van der Waals surface area contributed by atoms with Crippen LogP contribution in [-0.2, 0) is 0 Å². The summed E-state index contributed by atoms with van der Waals surface area (Å²) in [6.07, 6.45) is 3.88. The third-order valence-electron chi connectivity index (χ3n) is 4.09. The molecule has 0 aromatic carbocycles. The van der Waals surface area contributed by atoms with Crippen molar-refractivity contribution in [2.75, 3.05) is 43.4 Å². The summed E-state index contributed by atoms with van der Waals surface area (Å²) in [7, 11) is 2.16. The second-order valence-electron chi connectivity index (χ2n) is 5.76. The summed E-state index contributed by atoms with van der Waals surface area (Å²) >= 11 is 0. The molecule has 1 N–H and O–H groups in total. The van der Waals surface area contributed by atoms with E-state index < -0.39 is 0 Å². The number of anilines is 2. The van der Waals surface area contributed by atoms with Crippen LogP contribution in [0.15, 0.2) is 6.07 Å². The van der Waals surface area contributed by atoms with Gasteiger partial charge in [-0.25, -0.2) is 4.98 Å². The summed E-state index contributed by atoms with van der Waals surface area (Å²) in [6.45, 7) is 6.25. The Morgan fingerprint density at radius 3 is 2.53 bits per heavy atom. The van der Waals surface area contributed by atoms with Crippen LogP contribution in [0.25, 0.3) is 0 Å². The van der Waals surface area contributed by atoms with Crippen molar-refractivity contribution in [2.24, 2.45) is 0 Å². The summed E-state index contributed by atoms with van der Waals surface area (Å²) in [5, 5.41) is 3.52. The molecule has 1 aliphatic heterocycles. The normalized spacial score (nSPS) is 21.3. The number of aryl methyl sites for hydroxylation is 1. The first-order chi connectivity index (χ1) is 9.20. The molecule has 2 heterocycles. The number of nitrogens with one attached hydrogen (secondary N) is 1. The van der Waals surface area contributed by atoms with E-state index in [1.165, 1.54) is 19.3 Å². The van der Waals surface area contributed by atoms with Crippen LogP contribution < -0.4 is 10.2 Å². The van der Waals surface area contributed by atoms with Crippen LogP contribution in [0.2, 0.25) is 0 Å². The highest BCUT2D eigenvalue weighted by atomic mass is 15.3. The number of likely N-dealkylation sites (N-methyl/N-ethyl adjacent to an activating group) is 1. The van der Waals surface area contributed by atoms with Gasteiger partial charge >= 0.3 is 0 Å². The highest BCUT2D eigenvalue weighted by molar-refractivity contribution is 5.44. The molecule has 0 spiro atoms. The van der Waals surface area contributed by atoms with Crippen LogP contribution in [0.4, 0.5) is 11.8 Å². The second kappa shape index (κ2) is 5.33. The van der Waals surface area contributed by atoms with Gasteiger partial charge in [0.05, 0.1) is 0 Å². The molecule has 1 aromatic heterocycles. The minimum absolute atomic E-state index is 0.620. The van der Waals surface area contributed by atoms with E-state index in [0.717, 1.165) is 43.6 Å². The molecule has 1 saturated heterocycles. The number of piperazine rings is 1. The van der Waals surface area contributed by atoms with Crippen molar-refractivity contribution in [1.29, 1.82) is 0 Å². The van der Waals surface area contributed by atoms with Crippen molar-refractivity contribution in [3.63, 3.8) is 0 Å². The van der Waals surface area contributed by atoms with E-state index in [-0.39, 0.29) is 0 Å². The van der Waals surface area contributed by atoms with Gasteiger partial charge in [0.15, 0.2) is 0 Å². The van der Waals surface area contributed by atoms with Gasteiger partial charge in [-0.05, 0) is 33.2 Å². The second-order valence-corrected chi connectivity index (χ2v) is 5.76. The Labute approximate surface area is 115 Å². The molecule has 2 fully saturated rings. The van der Waals surface area contributed by atoms with Gasteiger partial charge in [-0.1, -0.05) is 0 Å². The van der Waals surface area contributed by atoms with Gasteiger partial charge in [0.1, 0.15) is 5.82 Å². The number of nitrogens with zero attached hydrogens (tertiary/aromatic N) is 4. The summed E-state index contributed by atoms with van der Waals surface area (Å²) in [5.74, 6) is 1.88. The molecule has 5 nitrogen and oxygen atoms in total. The first-order valence-electron chi connectivity index (χ1n) is 7.26. The van der Waals surface area contributed by atoms with E-state index in [9.17, 15) is 0 Å². The molecule has 3 rings (SSSR count). The van der Waals surface area contributed by atoms with Crippen molar-refractivity contribution in [3.05, 3.63) is 11.8 Å². The molecule has 0 amide bonds. The first kappa shape index (κ1) is 12.7. The zero-order valence-electron chi connectivity index (χ0n) is 11.9. The lowest BCUT2D eigenvalue weighted by Crippen LogP contribution is -2.45. The predicted molar refractivity (Wildman–Crippen MR) is 77.7 cm³/mol. The minimum atomic E-state index is 0.620. The topological polar surface area (TPSA) is 44.3 Å². The largest absolute Gasteiger partial charge is 0.367 e. The van der Waals surface area contributed by atoms with Crippen molar-refractivity contribution < 1.29 is 0 Å². The SMILES string of the molecule is Cc1cc(NC2CCC2)nc(N2CCN(C)CC2)n1. The molecule has 0 unspecified atom stereocenters. The molecular weight excluding hydrogens is 238 g/mol. The lowest BCUT2D eigenvalue weighted by Gasteiger charge is -2.33. The van der Waals surface area contributed by atoms with Crippen molar-refractivity contribution in [3.8, 4) is 0 Å². The predicted octanol–water partition coefficient (Wildman–Crippen LogP) is 1.50. The monoisotopic (exact) mass is 261 g/mol. The summed E-state index contributed by atoms with van der Waals surface area (Å²) < 4.78 is 0. The Morgan fingerprint density at radius 1 is 1.16 bits per heavy atom. The molecule has 0 radical (unpaired) electrons. The van der Waals surface area contributed by atoms with Crippen LogP contribution in [-0.4, -0.2) is 54.1 Å². The number of rotatable bonds is 3. The van der Waals surface area contributed by atoms with Gasteiger partial charge in [0, 0.05) is 44.0 Å². The summed E-state index contributed by atoms with van der Waals surface area (Å²) in [6, 6.07) is 2.67.